The van der Waals surface area contributed by atoms with Gasteiger partial charge in [0.15, 0.2) is 5.78 Å². The molecule has 0 radical (unpaired) electrons. The van der Waals surface area contributed by atoms with Gasteiger partial charge in [0.2, 0.25) is 0 Å². The first-order valence-electron chi connectivity index (χ1n) is 11.2. The molecule has 7 nitrogen and oxygen atoms in total. The van der Waals surface area contributed by atoms with Crippen LogP contribution in [0.2, 0.25) is 10.0 Å². The van der Waals surface area contributed by atoms with Crippen LogP contribution in [0.15, 0.2) is 58.7 Å². The Bertz CT molecular complexity index is 1470. The molecule has 9 heteroatoms. The zero-order chi connectivity index (χ0) is 25.3. The average molecular weight is 512 g/mol. The number of aryl methyl sites for hydroxylation is 1. The summed E-state index contributed by atoms with van der Waals surface area (Å²) >= 11 is 12.2. The number of fused-ring (bicyclic) bond motifs is 2. The van der Waals surface area contributed by atoms with Crippen molar-refractivity contribution < 1.29 is 14.3 Å². The van der Waals surface area contributed by atoms with Crippen LogP contribution in [-0.4, -0.2) is 34.3 Å². The van der Waals surface area contributed by atoms with Crippen molar-refractivity contribution in [3.8, 4) is 0 Å². The highest BCUT2D eigenvalue weighted by molar-refractivity contribution is 6.37. The molecule has 0 aliphatic carbocycles. The number of pyridine rings is 1. The van der Waals surface area contributed by atoms with E-state index in [1.165, 1.54) is 28.7 Å². The van der Waals surface area contributed by atoms with Crippen LogP contribution < -0.4 is 10.5 Å². The van der Waals surface area contributed by atoms with Gasteiger partial charge in [-0.15, -0.1) is 0 Å². The van der Waals surface area contributed by atoms with Crippen molar-refractivity contribution in [3.05, 3.63) is 91.0 Å². The van der Waals surface area contributed by atoms with Crippen LogP contribution in [0.1, 0.15) is 41.8 Å². The van der Waals surface area contributed by atoms with Crippen LogP contribution >= 0.6 is 23.2 Å². The summed E-state index contributed by atoms with van der Waals surface area (Å²) in [5, 5.41) is 0.592. The molecule has 0 bridgehead atoms. The number of esters is 1. The highest BCUT2D eigenvalue weighted by Crippen LogP contribution is 2.34. The van der Waals surface area contributed by atoms with Crippen LogP contribution in [0.3, 0.4) is 0 Å². The number of ether oxygens (including phenoxy) is 1. The van der Waals surface area contributed by atoms with Gasteiger partial charge < -0.3 is 9.64 Å². The van der Waals surface area contributed by atoms with Gasteiger partial charge in [-0.1, -0.05) is 36.2 Å². The van der Waals surface area contributed by atoms with Crippen molar-refractivity contribution in [2.75, 3.05) is 18.1 Å². The SMILES string of the molecule is CCCN1/C(=C\C(=O)c2ccc(Cl)cc2Cl)C(C(=O)OCC)=Cc2c1nc1c(C)cccn1c2=O. The zero-order valence-corrected chi connectivity index (χ0v) is 21.0. The summed E-state index contributed by atoms with van der Waals surface area (Å²) in [6.07, 6.45) is 5.08. The Labute approximate surface area is 212 Å². The number of carbonyl (C=O) groups excluding carboxylic acids is 2. The maximum Gasteiger partial charge on any atom is 0.340 e. The fourth-order valence-corrected chi connectivity index (χ4v) is 4.48. The maximum absolute atomic E-state index is 13.4. The van der Waals surface area contributed by atoms with Crippen molar-refractivity contribution in [1.29, 1.82) is 0 Å². The molecule has 4 rings (SSSR count). The van der Waals surface area contributed by atoms with Crippen molar-refractivity contribution in [1.82, 2.24) is 9.38 Å². The van der Waals surface area contributed by atoms with Gasteiger partial charge in [-0.25, -0.2) is 9.78 Å². The number of nitrogens with zero attached hydrogens (tertiary/aromatic N) is 3. The zero-order valence-electron chi connectivity index (χ0n) is 19.5. The molecule has 0 unspecified atom stereocenters. The molecule has 3 heterocycles. The highest BCUT2D eigenvalue weighted by atomic mass is 35.5. The number of hydrogen-bond acceptors (Lipinski definition) is 6. The van der Waals surface area contributed by atoms with E-state index in [-0.39, 0.29) is 33.9 Å². The van der Waals surface area contributed by atoms with Crippen molar-refractivity contribution in [2.24, 2.45) is 0 Å². The Hall–Kier alpha value is -3.42. The van der Waals surface area contributed by atoms with Crippen molar-refractivity contribution in [2.45, 2.75) is 27.2 Å². The van der Waals surface area contributed by atoms with E-state index in [9.17, 15) is 14.4 Å². The summed E-state index contributed by atoms with van der Waals surface area (Å²) in [6.45, 7) is 6.05. The number of benzene rings is 1. The summed E-state index contributed by atoms with van der Waals surface area (Å²) in [4.78, 5) is 46.2. The molecule has 3 aromatic rings. The summed E-state index contributed by atoms with van der Waals surface area (Å²) in [7, 11) is 0. The lowest BCUT2D eigenvalue weighted by Crippen LogP contribution is -2.35. The molecule has 0 atom stereocenters. The number of aromatic nitrogens is 2. The minimum atomic E-state index is -0.644. The van der Waals surface area contributed by atoms with E-state index in [2.05, 4.69) is 0 Å². The highest BCUT2D eigenvalue weighted by Gasteiger charge is 2.32. The van der Waals surface area contributed by atoms with E-state index in [1.807, 2.05) is 19.9 Å². The second kappa shape index (κ2) is 10.1. The normalized spacial score (nSPS) is 14.1. The molecular weight excluding hydrogens is 489 g/mol. The van der Waals surface area contributed by atoms with Crippen molar-refractivity contribution >= 4 is 52.5 Å². The molecule has 0 saturated heterocycles. The van der Waals surface area contributed by atoms with Gasteiger partial charge >= 0.3 is 5.97 Å². The number of anilines is 1. The first-order chi connectivity index (χ1) is 16.8. The molecule has 2 aromatic heterocycles. The third kappa shape index (κ3) is 4.61. The van der Waals surface area contributed by atoms with Gasteiger partial charge in [0.05, 0.1) is 28.5 Å². The Morgan fingerprint density at radius 3 is 2.63 bits per heavy atom. The first kappa shape index (κ1) is 24.7. The van der Waals surface area contributed by atoms with Crippen LogP contribution in [0.25, 0.3) is 11.7 Å². The van der Waals surface area contributed by atoms with Crippen LogP contribution in [0.4, 0.5) is 5.82 Å². The predicted octanol–water partition coefficient (Wildman–Crippen LogP) is 5.25. The van der Waals surface area contributed by atoms with Gasteiger partial charge in [0.25, 0.3) is 5.56 Å². The van der Waals surface area contributed by atoms with Gasteiger partial charge in [-0.3, -0.25) is 14.0 Å². The summed E-state index contributed by atoms with van der Waals surface area (Å²) < 4.78 is 6.72. The molecule has 0 spiro atoms. The minimum absolute atomic E-state index is 0.0951. The lowest BCUT2D eigenvalue weighted by molar-refractivity contribution is -0.138. The van der Waals surface area contributed by atoms with E-state index in [4.69, 9.17) is 32.9 Å². The largest absolute Gasteiger partial charge is 0.462 e. The van der Waals surface area contributed by atoms with Gasteiger partial charge in [-0.2, -0.15) is 0 Å². The molecule has 1 aromatic carbocycles. The maximum atomic E-state index is 13.4. The summed E-state index contributed by atoms with van der Waals surface area (Å²) in [6, 6.07) is 8.21. The molecule has 1 aliphatic heterocycles. The second-order valence-electron chi connectivity index (χ2n) is 7.99. The fourth-order valence-electron chi connectivity index (χ4n) is 3.98. The minimum Gasteiger partial charge on any atom is -0.462 e. The molecule has 0 N–H and O–H groups in total. The molecule has 35 heavy (non-hydrogen) atoms. The predicted molar refractivity (Wildman–Crippen MR) is 137 cm³/mol. The average Bonchev–Trinajstić information content (AvgIpc) is 2.81. The van der Waals surface area contributed by atoms with Gasteiger partial charge in [0.1, 0.15) is 11.5 Å². The van der Waals surface area contributed by atoms with E-state index < -0.39 is 11.8 Å². The first-order valence-corrected chi connectivity index (χ1v) is 11.9. The Morgan fingerprint density at radius 1 is 1.17 bits per heavy atom. The molecule has 0 saturated carbocycles. The molecule has 0 fully saturated rings. The molecular formula is C26H23Cl2N3O4. The topological polar surface area (TPSA) is 81.0 Å². The van der Waals surface area contributed by atoms with Gasteiger partial charge in [0, 0.05) is 29.4 Å². The standard InChI is InChI=1S/C26H23Cl2N3O4/c1-4-10-30-21(14-22(32)17-9-8-16(27)12-20(17)28)18(26(34)35-5-2)13-19-24(30)29-23-15(3)7-6-11-31(23)25(19)33/h6-9,11-14H,4-5,10H2,1-3H3/b21-14-. The van der Waals surface area contributed by atoms with E-state index in [0.717, 1.165) is 5.56 Å². The van der Waals surface area contributed by atoms with Crippen LogP contribution in [-0.2, 0) is 9.53 Å². The second-order valence-corrected chi connectivity index (χ2v) is 8.83. The Morgan fingerprint density at radius 2 is 1.94 bits per heavy atom. The summed E-state index contributed by atoms with van der Waals surface area (Å²) in [5.41, 5.74) is 1.87. The lowest BCUT2D eigenvalue weighted by Gasteiger charge is -2.32. The van der Waals surface area contributed by atoms with E-state index >= 15 is 0 Å². The Kier molecular flexibility index (Phi) is 7.10. The van der Waals surface area contributed by atoms with Crippen LogP contribution in [0.5, 0.6) is 0 Å². The van der Waals surface area contributed by atoms with E-state index in [1.54, 1.807) is 30.2 Å². The smallest absolute Gasteiger partial charge is 0.340 e. The number of allylic oxidation sites excluding steroid dienone is 1. The molecule has 1 aliphatic rings. The third-order valence-corrected chi connectivity index (χ3v) is 6.13. The van der Waals surface area contributed by atoms with E-state index in [0.29, 0.717) is 35.2 Å². The monoisotopic (exact) mass is 511 g/mol. The lowest BCUT2D eigenvalue weighted by atomic mass is 9.99. The Balaban J connectivity index is 1.99. The number of hydrogen-bond donors (Lipinski definition) is 0. The number of ketones is 1. The molecule has 0 amide bonds. The third-order valence-electron chi connectivity index (χ3n) is 5.58. The van der Waals surface area contributed by atoms with Crippen LogP contribution in [0, 0.1) is 6.92 Å². The quantitative estimate of drug-likeness (QED) is 0.255. The molecule has 180 valence electrons. The number of halogens is 2. The number of carbonyl (C=O) groups is 2. The number of rotatable bonds is 6. The van der Waals surface area contributed by atoms with Crippen molar-refractivity contribution in [3.63, 3.8) is 0 Å². The van der Waals surface area contributed by atoms with Gasteiger partial charge in [-0.05, 0) is 56.2 Å². The fraction of sp³-hybridized carbons (Fsp3) is 0.231. The summed E-state index contributed by atoms with van der Waals surface area (Å²) in [5.74, 6) is -0.690.